The van der Waals surface area contributed by atoms with Gasteiger partial charge in [0, 0.05) is 12.1 Å². The molecule has 0 saturated heterocycles. The van der Waals surface area contributed by atoms with Crippen LogP contribution < -0.4 is 10.6 Å². The molecule has 0 aliphatic rings. The van der Waals surface area contributed by atoms with E-state index in [4.69, 9.17) is 0 Å². The average Bonchev–Trinajstić information content (AvgIpc) is 2.09. The summed E-state index contributed by atoms with van der Waals surface area (Å²) in [4.78, 5) is 10.9. The molecule has 2 amide bonds. The van der Waals surface area contributed by atoms with E-state index in [1.54, 1.807) is 19.2 Å². The molecule has 1 aromatic carbocycles. The van der Waals surface area contributed by atoms with Crippen molar-refractivity contribution < 1.29 is 19.8 Å². The van der Waals surface area contributed by atoms with Gasteiger partial charge in [-0.15, -0.1) is 0 Å². The number of quaternary nitrogens is 2. The molecule has 0 heterocycles. The van der Waals surface area contributed by atoms with E-state index < -0.39 is 0 Å². The minimum Gasteiger partial charge on any atom is -0.231 e. The molecule has 3 nitrogen and oxygen atoms in total. The quantitative estimate of drug-likeness (QED) is 0.540. The van der Waals surface area contributed by atoms with Gasteiger partial charge in [0.2, 0.25) is 0 Å². The Kier molecular flexibility index (Phi) is 2.90. The Morgan fingerprint density at radius 2 is 1.92 bits per heavy atom. The average molecular weight is 170 g/mol. The number of halogens is 1. The van der Waals surface area contributed by atoms with E-state index in [2.05, 4.69) is 0 Å². The Bertz CT molecular complexity index is 271. The lowest BCUT2D eigenvalue weighted by molar-refractivity contribution is -0.649. The van der Waals surface area contributed by atoms with Crippen molar-refractivity contribution in [2.45, 2.75) is 0 Å². The number of rotatable bonds is 1. The van der Waals surface area contributed by atoms with Crippen LogP contribution in [-0.4, -0.2) is 13.1 Å². The highest BCUT2D eigenvalue weighted by Crippen LogP contribution is 2.01. The van der Waals surface area contributed by atoms with Gasteiger partial charge in [0.05, 0.1) is 7.05 Å². The number of amides is 2. The largest absolute Gasteiger partial charge is 0.512 e. The Balaban J connectivity index is 2.64. The SMILES string of the molecule is C[NH2+]C(=O)[NH2+]c1ccc(F)cc1. The van der Waals surface area contributed by atoms with Gasteiger partial charge >= 0.3 is 6.03 Å². The summed E-state index contributed by atoms with van der Waals surface area (Å²) in [6, 6.07) is 5.72. The van der Waals surface area contributed by atoms with Crippen LogP contribution in [0.1, 0.15) is 0 Å². The summed E-state index contributed by atoms with van der Waals surface area (Å²) in [5, 5.41) is 2.92. The third kappa shape index (κ3) is 2.41. The van der Waals surface area contributed by atoms with Crippen molar-refractivity contribution in [3.8, 4) is 0 Å². The fourth-order valence-corrected chi connectivity index (χ4v) is 0.807. The fourth-order valence-electron chi connectivity index (χ4n) is 0.807. The number of primary amides is 2. The molecule has 0 aromatic heterocycles. The number of hydrogen-bond acceptors (Lipinski definition) is 1. The summed E-state index contributed by atoms with van der Waals surface area (Å²) in [6.45, 7) is 0. The molecule has 0 saturated carbocycles. The Hall–Kier alpha value is -1.26. The molecular formula is C8H11FN2O+2. The van der Waals surface area contributed by atoms with E-state index in [9.17, 15) is 9.18 Å². The zero-order valence-electron chi connectivity index (χ0n) is 6.75. The zero-order chi connectivity index (χ0) is 8.97. The van der Waals surface area contributed by atoms with Crippen molar-refractivity contribution in [1.82, 2.24) is 0 Å². The Morgan fingerprint density at radius 1 is 1.33 bits per heavy atom. The van der Waals surface area contributed by atoms with Gasteiger partial charge in [0.1, 0.15) is 11.5 Å². The molecular weight excluding hydrogens is 159 g/mol. The minimum atomic E-state index is -0.292. The molecule has 1 rings (SSSR count). The number of hydrogen-bond donors (Lipinski definition) is 2. The summed E-state index contributed by atoms with van der Waals surface area (Å²) in [6.07, 6.45) is 0. The standard InChI is InChI=1S/C8H9FN2O/c1-10-8(12)11-7-4-2-6(9)3-5-7/h2-5H,1H3,(H2,10,11,12)/p+2. The number of nitrogens with two attached hydrogens (primary N) is 2. The van der Waals surface area contributed by atoms with Crippen LogP contribution in [0.5, 0.6) is 0 Å². The molecule has 0 aliphatic carbocycles. The summed E-state index contributed by atoms with van der Waals surface area (Å²) in [7, 11) is 1.67. The first-order valence-electron chi connectivity index (χ1n) is 3.66. The highest BCUT2D eigenvalue weighted by molar-refractivity contribution is 5.54. The number of carbonyl (C=O) groups is 1. The van der Waals surface area contributed by atoms with E-state index >= 15 is 0 Å². The van der Waals surface area contributed by atoms with Gasteiger partial charge in [-0.1, -0.05) is 0 Å². The van der Waals surface area contributed by atoms with Crippen molar-refractivity contribution in [1.29, 1.82) is 0 Å². The van der Waals surface area contributed by atoms with Crippen LogP contribution in [0.4, 0.5) is 14.9 Å². The second kappa shape index (κ2) is 3.94. The van der Waals surface area contributed by atoms with Gasteiger partial charge in [0.15, 0.2) is 0 Å². The van der Waals surface area contributed by atoms with Crippen molar-refractivity contribution in [2.24, 2.45) is 0 Å². The molecule has 0 unspecified atom stereocenters. The van der Waals surface area contributed by atoms with Crippen molar-refractivity contribution in [3.05, 3.63) is 30.1 Å². The normalized spacial score (nSPS) is 9.83. The van der Waals surface area contributed by atoms with Crippen LogP contribution >= 0.6 is 0 Å². The topological polar surface area (TPSA) is 50.3 Å². The maximum absolute atomic E-state index is 12.4. The van der Waals surface area contributed by atoms with E-state index in [0.717, 1.165) is 5.69 Å². The number of benzene rings is 1. The highest BCUT2D eigenvalue weighted by Gasteiger charge is 2.07. The maximum atomic E-state index is 12.4. The number of urea groups is 1. The summed E-state index contributed by atoms with van der Waals surface area (Å²) >= 11 is 0. The second-order valence-electron chi connectivity index (χ2n) is 2.39. The summed E-state index contributed by atoms with van der Waals surface area (Å²) in [5.74, 6) is -0.292. The van der Waals surface area contributed by atoms with Crippen molar-refractivity contribution in [3.63, 3.8) is 0 Å². The molecule has 0 radical (unpaired) electrons. The van der Waals surface area contributed by atoms with Crippen LogP contribution in [0.25, 0.3) is 0 Å². The molecule has 1 aromatic rings. The van der Waals surface area contributed by atoms with Gasteiger partial charge in [-0.25, -0.2) is 9.71 Å². The van der Waals surface area contributed by atoms with E-state index in [0.29, 0.717) is 0 Å². The van der Waals surface area contributed by atoms with Gasteiger partial charge in [-0.2, -0.15) is 10.1 Å². The predicted octanol–water partition coefficient (Wildman–Crippen LogP) is -0.666. The molecule has 0 atom stereocenters. The molecule has 0 aliphatic heterocycles. The molecule has 12 heavy (non-hydrogen) atoms. The van der Waals surface area contributed by atoms with Crippen LogP contribution in [0.3, 0.4) is 0 Å². The molecule has 64 valence electrons. The lowest BCUT2D eigenvalue weighted by atomic mass is 10.3. The van der Waals surface area contributed by atoms with Crippen molar-refractivity contribution in [2.75, 3.05) is 7.05 Å². The molecule has 0 bridgehead atoms. The molecule has 0 fully saturated rings. The van der Waals surface area contributed by atoms with Crippen LogP contribution in [0.2, 0.25) is 0 Å². The minimum absolute atomic E-state index is 0.0680. The monoisotopic (exact) mass is 170 g/mol. The van der Waals surface area contributed by atoms with E-state index in [-0.39, 0.29) is 11.8 Å². The van der Waals surface area contributed by atoms with Gasteiger partial charge in [0.25, 0.3) is 0 Å². The van der Waals surface area contributed by atoms with Gasteiger partial charge in [-0.3, -0.25) is 0 Å². The lowest BCUT2D eigenvalue weighted by Gasteiger charge is -1.93. The van der Waals surface area contributed by atoms with Gasteiger partial charge < -0.3 is 0 Å². The third-order valence-electron chi connectivity index (χ3n) is 1.46. The zero-order valence-corrected chi connectivity index (χ0v) is 6.75. The third-order valence-corrected chi connectivity index (χ3v) is 1.46. The first-order chi connectivity index (χ1) is 5.72. The number of carbonyl (C=O) groups excluding carboxylic acids is 1. The van der Waals surface area contributed by atoms with Crippen LogP contribution in [0.15, 0.2) is 24.3 Å². The molecule has 0 spiro atoms. The Morgan fingerprint density at radius 3 is 2.42 bits per heavy atom. The van der Waals surface area contributed by atoms with Crippen LogP contribution in [0, 0.1) is 5.82 Å². The first-order valence-corrected chi connectivity index (χ1v) is 3.66. The fraction of sp³-hybridized carbons (Fsp3) is 0.125. The molecule has 4 N–H and O–H groups in total. The van der Waals surface area contributed by atoms with E-state index in [1.807, 2.05) is 0 Å². The predicted molar refractivity (Wildman–Crippen MR) is 41.2 cm³/mol. The second-order valence-corrected chi connectivity index (χ2v) is 2.39. The van der Waals surface area contributed by atoms with Crippen LogP contribution in [-0.2, 0) is 0 Å². The first kappa shape index (κ1) is 8.83. The summed E-state index contributed by atoms with van der Waals surface area (Å²) < 4.78 is 12.4. The summed E-state index contributed by atoms with van der Waals surface area (Å²) in [5.41, 5.74) is 0.722. The van der Waals surface area contributed by atoms with E-state index in [1.165, 1.54) is 22.8 Å². The maximum Gasteiger partial charge on any atom is 0.512 e. The highest BCUT2D eigenvalue weighted by atomic mass is 19.1. The van der Waals surface area contributed by atoms with Crippen molar-refractivity contribution >= 4 is 11.7 Å². The molecule has 4 heteroatoms. The lowest BCUT2D eigenvalue weighted by Crippen LogP contribution is -3.05. The smallest absolute Gasteiger partial charge is 0.231 e. The Labute approximate surface area is 69.6 Å². The van der Waals surface area contributed by atoms with Gasteiger partial charge in [-0.05, 0) is 12.1 Å².